The van der Waals surface area contributed by atoms with Crippen LogP contribution in [0.5, 0.6) is 0 Å². The number of halogens is 1. The first-order valence-electron chi connectivity index (χ1n) is 10.3. The van der Waals surface area contributed by atoms with Gasteiger partial charge in [-0.05, 0) is 73.8 Å². The molecule has 3 rings (SSSR count). The Balaban J connectivity index is 1.36. The van der Waals surface area contributed by atoms with Crippen LogP contribution in [0.4, 0.5) is 4.39 Å². The largest absolute Gasteiger partial charge is 0.228 e. The molecule has 24 heavy (non-hydrogen) atoms. The molecule has 0 bridgehead atoms. The molecule has 0 radical (unpaired) electrons. The summed E-state index contributed by atoms with van der Waals surface area (Å²) in [4.78, 5) is 3.77. The molecule has 1 aromatic heterocycles. The number of aryl methyl sites for hydroxylation is 1. The lowest BCUT2D eigenvalue weighted by atomic mass is 9.68. The predicted octanol–water partition coefficient (Wildman–Crippen LogP) is 6.57. The Labute approximate surface area is 147 Å². The van der Waals surface area contributed by atoms with Crippen LogP contribution >= 0.6 is 0 Å². The van der Waals surface area contributed by atoms with Crippen LogP contribution < -0.4 is 0 Å². The smallest absolute Gasteiger partial charge is 0.212 e. The quantitative estimate of drug-likeness (QED) is 0.537. The molecule has 1 aromatic rings. The second-order valence-corrected chi connectivity index (χ2v) is 8.38. The maximum atomic E-state index is 12.9. The zero-order chi connectivity index (χ0) is 16.8. The summed E-state index contributed by atoms with van der Waals surface area (Å²) in [6, 6.07) is 3.38. The maximum absolute atomic E-state index is 12.9. The van der Waals surface area contributed by atoms with Gasteiger partial charge in [-0.3, -0.25) is 0 Å². The molecule has 0 aliphatic heterocycles. The molecular weight excluding hydrogens is 297 g/mol. The average molecular weight is 332 g/mol. The van der Waals surface area contributed by atoms with Crippen LogP contribution in [0.1, 0.15) is 83.1 Å². The highest BCUT2D eigenvalue weighted by Crippen LogP contribution is 2.42. The highest BCUT2D eigenvalue weighted by atomic mass is 19.1. The number of aromatic nitrogens is 1. The number of nitrogens with zero attached hydrogens (tertiary/aromatic N) is 1. The van der Waals surface area contributed by atoms with Crippen LogP contribution in [0.3, 0.4) is 0 Å². The summed E-state index contributed by atoms with van der Waals surface area (Å²) in [6.45, 7) is 2.33. The molecule has 2 aliphatic carbocycles. The van der Waals surface area contributed by atoms with Crippen molar-refractivity contribution < 1.29 is 4.39 Å². The van der Waals surface area contributed by atoms with E-state index in [4.69, 9.17) is 0 Å². The summed E-state index contributed by atoms with van der Waals surface area (Å²) in [5.41, 5.74) is 1.19. The molecule has 0 atom stereocenters. The van der Waals surface area contributed by atoms with E-state index in [1.165, 1.54) is 82.3 Å². The Hall–Kier alpha value is -0.920. The van der Waals surface area contributed by atoms with Gasteiger partial charge in [0.2, 0.25) is 5.95 Å². The van der Waals surface area contributed by atoms with Crippen LogP contribution in [0.15, 0.2) is 18.3 Å². The monoisotopic (exact) mass is 331 g/mol. The van der Waals surface area contributed by atoms with Crippen LogP contribution in [0.25, 0.3) is 0 Å². The number of pyridine rings is 1. The van der Waals surface area contributed by atoms with Gasteiger partial charge in [0.25, 0.3) is 0 Å². The van der Waals surface area contributed by atoms with E-state index in [0.29, 0.717) is 0 Å². The van der Waals surface area contributed by atoms with Crippen molar-refractivity contribution in [3.8, 4) is 0 Å². The van der Waals surface area contributed by atoms with Gasteiger partial charge in [-0.2, -0.15) is 4.39 Å². The van der Waals surface area contributed by atoms with Gasteiger partial charge < -0.3 is 0 Å². The lowest BCUT2D eigenvalue weighted by Gasteiger charge is -2.38. The molecule has 1 heterocycles. The number of rotatable bonds is 6. The van der Waals surface area contributed by atoms with E-state index in [1.807, 2.05) is 6.07 Å². The summed E-state index contributed by atoms with van der Waals surface area (Å²) in [7, 11) is 0. The zero-order valence-electron chi connectivity index (χ0n) is 15.4. The summed E-state index contributed by atoms with van der Waals surface area (Å²) < 4.78 is 12.9. The Morgan fingerprint density at radius 2 is 1.46 bits per heavy atom. The molecule has 2 fully saturated rings. The van der Waals surface area contributed by atoms with Crippen molar-refractivity contribution in [3.05, 3.63) is 29.8 Å². The van der Waals surface area contributed by atoms with Crippen LogP contribution in [-0.2, 0) is 6.42 Å². The van der Waals surface area contributed by atoms with Crippen molar-refractivity contribution in [1.82, 2.24) is 4.98 Å². The molecule has 0 saturated heterocycles. The highest BCUT2D eigenvalue weighted by Gasteiger charge is 2.30. The molecule has 0 amide bonds. The molecular formula is C22H34FN. The van der Waals surface area contributed by atoms with Gasteiger partial charge in [-0.25, -0.2) is 4.98 Å². The average Bonchev–Trinajstić information content (AvgIpc) is 2.63. The van der Waals surface area contributed by atoms with Gasteiger partial charge in [0.05, 0.1) is 0 Å². The van der Waals surface area contributed by atoms with Crippen molar-refractivity contribution in [2.45, 2.75) is 84.0 Å². The molecule has 134 valence electrons. The molecule has 0 N–H and O–H groups in total. The SMILES string of the molecule is CCC[C@H]1CC[C@H]([C@H]2CC[C@H](CCc3ccc(F)nc3)CC2)CC1. The summed E-state index contributed by atoms with van der Waals surface area (Å²) in [5.74, 6) is 3.58. The third-order valence-corrected chi connectivity index (χ3v) is 6.78. The summed E-state index contributed by atoms with van der Waals surface area (Å²) in [5, 5.41) is 0. The third-order valence-electron chi connectivity index (χ3n) is 6.78. The van der Waals surface area contributed by atoms with Crippen LogP contribution in [0, 0.1) is 29.6 Å². The predicted molar refractivity (Wildman–Crippen MR) is 98.3 cm³/mol. The normalized spacial score (nSPS) is 31.1. The number of hydrogen-bond donors (Lipinski definition) is 0. The van der Waals surface area contributed by atoms with Gasteiger partial charge in [0.15, 0.2) is 0 Å². The maximum Gasteiger partial charge on any atom is 0.212 e. The van der Waals surface area contributed by atoms with Crippen molar-refractivity contribution in [3.63, 3.8) is 0 Å². The molecule has 0 unspecified atom stereocenters. The van der Waals surface area contributed by atoms with Crippen LogP contribution in [0.2, 0.25) is 0 Å². The molecule has 0 spiro atoms. The van der Waals surface area contributed by atoms with E-state index >= 15 is 0 Å². The molecule has 0 aromatic carbocycles. The fourth-order valence-corrected chi connectivity index (χ4v) is 5.23. The minimum atomic E-state index is -0.368. The highest BCUT2D eigenvalue weighted by molar-refractivity contribution is 5.09. The summed E-state index contributed by atoms with van der Waals surface area (Å²) in [6.07, 6.45) is 18.6. The fraction of sp³-hybridized carbons (Fsp3) is 0.773. The second kappa shape index (κ2) is 8.97. The van der Waals surface area contributed by atoms with Crippen molar-refractivity contribution in [1.29, 1.82) is 0 Å². The first-order chi connectivity index (χ1) is 11.7. The lowest BCUT2D eigenvalue weighted by molar-refractivity contribution is 0.141. The van der Waals surface area contributed by atoms with Crippen LogP contribution in [-0.4, -0.2) is 4.98 Å². The fourth-order valence-electron chi connectivity index (χ4n) is 5.23. The van der Waals surface area contributed by atoms with E-state index in [9.17, 15) is 4.39 Å². The topological polar surface area (TPSA) is 12.9 Å². The molecule has 2 heteroatoms. The van der Waals surface area contributed by atoms with Gasteiger partial charge in [-0.15, -0.1) is 0 Å². The zero-order valence-corrected chi connectivity index (χ0v) is 15.4. The summed E-state index contributed by atoms with van der Waals surface area (Å²) >= 11 is 0. The standard InChI is InChI=1S/C22H34FN/c1-2-3-17-6-11-20(12-7-17)21-13-8-18(9-14-21)4-5-19-10-15-22(23)24-16-19/h10,15-18,20-21H,2-9,11-14H2,1H3/t17-,18-,20-,21-. The van der Waals surface area contributed by atoms with Crippen molar-refractivity contribution >= 4 is 0 Å². The lowest BCUT2D eigenvalue weighted by Crippen LogP contribution is -2.26. The van der Waals surface area contributed by atoms with Gasteiger partial charge in [-0.1, -0.05) is 51.5 Å². The van der Waals surface area contributed by atoms with Gasteiger partial charge in [0, 0.05) is 6.20 Å². The second-order valence-electron chi connectivity index (χ2n) is 8.38. The van der Waals surface area contributed by atoms with E-state index in [1.54, 1.807) is 6.20 Å². The van der Waals surface area contributed by atoms with Crippen molar-refractivity contribution in [2.75, 3.05) is 0 Å². The first-order valence-corrected chi connectivity index (χ1v) is 10.3. The third kappa shape index (κ3) is 5.04. The van der Waals surface area contributed by atoms with E-state index in [-0.39, 0.29) is 5.95 Å². The minimum absolute atomic E-state index is 0.368. The Bertz CT molecular complexity index is 467. The Morgan fingerprint density at radius 1 is 0.875 bits per heavy atom. The molecule has 2 aliphatic rings. The van der Waals surface area contributed by atoms with E-state index in [0.717, 1.165) is 30.1 Å². The van der Waals surface area contributed by atoms with Gasteiger partial charge >= 0.3 is 0 Å². The van der Waals surface area contributed by atoms with Gasteiger partial charge in [0.1, 0.15) is 0 Å². The molecule has 1 nitrogen and oxygen atoms in total. The van der Waals surface area contributed by atoms with E-state index in [2.05, 4.69) is 11.9 Å². The number of hydrogen-bond acceptors (Lipinski definition) is 1. The molecule has 2 saturated carbocycles. The van der Waals surface area contributed by atoms with Crippen molar-refractivity contribution in [2.24, 2.45) is 23.7 Å². The first kappa shape index (κ1) is 17.9. The minimum Gasteiger partial charge on any atom is -0.228 e. The van der Waals surface area contributed by atoms with E-state index < -0.39 is 0 Å². The Kier molecular flexibility index (Phi) is 6.68. The Morgan fingerprint density at radius 3 is 1.96 bits per heavy atom.